The van der Waals surface area contributed by atoms with Gasteiger partial charge in [0.2, 0.25) is 0 Å². The Morgan fingerprint density at radius 3 is 2.71 bits per heavy atom. The summed E-state index contributed by atoms with van der Waals surface area (Å²) in [6.45, 7) is 5.20. The number of nitrogens with zero attached hydrogens (tertiary/aromatic N) is 1. The number of anilines is 1. The van der Waals surface area contributed by atoms with E-state index in [0.717, 1.165) is 24.2 Å². The molecule has 0 spiro atoms. The molecule has 1 aromatic heterocycles. The number of hydrogen-bond acceptors (Lipinski definition) is 6. The number of nitrogens with one attached hydrogen (secondary N) is 2. The van der Waals surface area contributed by atoms with Crippen molar-refractivity contribution in [1.29, 1.82) is 0 Å². The molecule has 0 aliphatic heterocycles. The predicted octanol–water partition coefficient (Wildman–Crippen LogP) is 5.45. The number of aryl methyl sites for hydroxylation is 1. The van der Waals surface area contributed by atoms with E-state index in [1.165, 1.54) is 22.0 Å². The number of benzene rings is 2. The Bertz CT molecular complexity index is 988. The van der Waals surface area contributed by atoms with Gasteiger partial charge in [0, 0.05) is 31.0 Å². The number of aromatic nitrogens is 1. The fourth-order valence-electron chi connectivity index (χ4n) is 3.69. The molecular weight excluding hydrogens is 441 g/mol. The molecule has 2 aromatic carbocycles. The molecule has 0 saturated heterocycles. The Hall–Kier alpha value is -1.56. The van der Waals surface area contributed by atoms with Gasteiger partial charge in [0.1, 0.15) is 0 Å². The lowest BCUT2D eigenvalue weighted by molar-refractivity contribution is 0.153. The summed E-state index contributed by atoms with van der Waals surface area (Å²) in [6, 6.07) is 19.3. The molecule has 4 rings (SSSR count). The summed E-state index contributed by atoms with van der Waals surface area (Å²) < 4.78 is 3.52. The van der Waals surface area contributed by atoms with Crippen molar-refractivity contribution in [3.63, 3.8) is 0 Å². The Morgan fingerprint density at radius 2 is 1.97 bits per heavy atom. The summed E-state index contributed by atoms with van der Waals surface area (Å²) in [5.41, 5.74) is 5.99. The molecule has 162 valence electrons. The van der Waals surface area contributed by atoms with Gasteiger partial charge >= 0.3 is 0 Å². The van der Waals surface area contributed by atoms with Gasteiger partial charge in [0.05, 0.1) is 12.1 Å². The fraction of sp³-hybridized carbons (Fsp3) is 0.292. The van der Waals surface area contributed by atoms with Crippen LogP contribution in [-0.4, -0.2) is 22.9 Å². The van der Waals surface area contributed by atoms with Gasteiger partial charge in [0.15, 0.2) is 0 Å². The molecule has 7 heteroatoms. The zero-order valence-electron chi connectivity index (χ0n) is 17.8. The highest BCUT2D eigenvalue weighted by Crippen LogP contribution is 2.52. The van der Waals surface area contributed by atoms with Crippen LogP contribution < -0.4 is 15.3 Å². The predicted molar refractivity (Wildman–Crippen MR) is 137 cm³/mol. The maximum atomic E-state index is 10.6. The van der Waals surface area contributed by atoms with Crippen LogP contribution in [0.25, 0.3) is 0 Å². The third-order valence-electron chi connectivity index (χ3n) is 5.55. The second kappa shape index (κ2) is 10.8. The van der Waals surface area contributed by atoms with Crippen molar-refractivity contribution in [3.8, 4) is 0 Å². The number of rotatable bonds is 9. The topological polar surface area (TPSA) is 57.2 Å². The molecule has 3 atom stereocenters. The summed E-state index contributed by atoms with van der Waals surface area (Å²) >= 11 is 0. The molecule has 3 N–H and O–H groups in total. The highest BCUT2D eigenvalue weighted by atomic mass is 33.3. The van der Waals surface area contributed by atoms with Crippen molar-refractivity contribution in [2.75, 3.05) is 12.0 Å². The Kier molecular flexibility index (Phi) is 7.91. The van der Waals surface area contributed by atoms with Gasteiger partial charge in [-0.2, -0.15) is 0 Å². The highest BCUT2D eigenvalue weighted by Gasteiger charge is 2.31. The summed E-state index contributed by atoms with van der Waals surface area (Å²) in [5, 5.41) is 15.5. The van der Waals surface area contributed by atoms with Crippen LogP contribution in [0.2, 0.25) is 0 Å². The molecule has 2 unspecified atom stereocenters. The van der Waals surface area contributed by atoms with Gasteiger partial charge in [-0.05, 0) is 87.4 Å². The van der Waals surface area contributed by atoms with Crippen molar-refractivity contribution in [1.82, 2.24) is 9.71 Å². The quantitative estimate of drug-likeness (QED) is 0.220. The average Bonchev–Trinajstić information content (AvgIpc) is 3.12. The maximum absolute atomic E-state index is 10.6. The van der Waals surface area contributed by atoms with Gasteiger partial charge in [-0.3, -0.25) is 4.98 Å². The molecule has 31 heavy (non-hydrogen) atoms. The SMILES string of the molecule is CCc1ccc(P(C)SSNC2c3cc(NCc4cccnc4)ccc3C[C@H]2O)cc1. The Morgan fingerprint density at radius 1 is 1.13 bits per heavy atom. The molecular formula is C24H28N3OPS2. The maximum Gasteiger partial charge on any atom is 0.0784 e. The fourth-order valence-corrected chi connectivity index (χ4v) is 8.46. The minimum Gasteiger partial charge on any atom is -0.391 e. The first kappa shape index (κ1) is 22.6. The zero-order chi connectivity index (χ0) is 21.6. The number of fused-ring (bicyclic) bond motifs is 1. The Labute approximate surface area is 193 Å². The first-order chi connectivity index (χ1) is 15.1. The van der Waals surface area contributed by atoms with Gasteiger partial charge in [-0.1, -0.05) is 43.3 Å². The molecule has 0 bridgehead atoms. The van der Waals surface area contributed by atoms with Crippen LogP contribution in [0, 0.1) is 0 Å². The van der Waals surface area contributed by atoms with Gasteiger partial charge in [0.25, 0.3) is 0 Å². The monoisotopic (exact) mass is 469 g/mol. The summed E-state index contributed by atoms with van der Waals surface area (Å²) in [4.78, 5) is 4.17. The van der Waals surface area contributed by atoms with E-state index in [1.54, 1.807) is 17.2 Å². The largest absolute Gasteiger partial charge is 0.391 e. The summed E-state index contributed by atoms with van der Waals surface area (Å²) in [5.74, 6) is 0. The van der Waals surface area contributed by atoms with Gasteiger partial charge in [-0.15, -0.1) is 0 Å². The zero-order valence-corrected chi connectivity index (χ0v) is 20.3. The molecule has 0 radical (unpaired) electrons. The van der Waals surface area contributed by atoms with Crippen molar-refractivity contribution >= 4 is 39.5 Å². The van der Waals surface area contributed by atoms with Crippen LogP contribution in [-0.2, 0) is 19.4 Å². The van der Waals surface area contributed by atoms with Crippen LogP contribution in [0.1, 0.15) is 35.2 Å². The normalized spacial score (nSPS) is 18.5. The second-order valence-electron chi connectivity index (χ2n) is 7.67. The first-order valence-corrected chi connectivity index (χ1v) is 15.0. The third-order valence-corrected chi connectivity index (χ3v) is 11.7. The first-order valence-electron chi connectivity index (χ1n) is 10.5. The lowest BCUT2D eigenvalue weighted by atomic mass is 10.1. The minimum absolute atomic E-state index is 0.0569. The molecule has 1 aliphatic carbocycles. The molecule has 3 aromatic rings. The van der Waals surface area contributed by atoms with E-state index in [-0.39, 0.29) is 13.2 Å². The van der Waals surface area contributed by atoms with Crippen LogP contribution in [0.15, 0.2) is 67.0 Å². The standard InChI is InChI=1S/C24H28N3OPS2/c1-3-17-6-10-21(11-7-17)29(2)31-30-27-24-22-14-20(9-8-19(22)13-23(24)28)26-16-18-5-4-12-25-15-18/h4-12,14-15,23-24,26-28H,3,13,16H2,1-2H3/t23-,24?,29?/m1/s1. The molecule has 1 heterocycles. The van der Waals surface area contributed by atoms with E-state index in [9.17, 15) is 5.11 Å². The summed E-state index contributed by atoms with van der Waals surface area (Å²) in [7, 11) is 3.19. The smallest absolute Gasteiger partial charge is 0.0784 e. The van der Waals surface area contributed by atoms with E-state index >= 15 is 0 Å². The van der Waals surface area contributed by atoms with E-state index in [2.05, 4.69) is 77.1 Å². The highest BCUT2D eigenvalue weighted by molar-refractivity contribution is 8.99. The second-order valence-corrected chi connectivity index (χ2v) is 13.7. The van der Waals surface area contributed by atoms with Crippen molar-refractivity contribution in [2.24, 2.45) is 0 Å². The minimum atomic E-state index is -0.399. The average molecular weight is 470 g/mol. The summed E-state index contributed by atoms with van der Waals surface area (Å²) in [6.07, 6.45) is 5.03. The molecule has 0 amide bonds. The molecule has 4 nitrogen and oxygen atoms in total. The van der Waals surface area contributed by atoms with E-state index in [4.69, 9.17) is 0 Å². The van der Waals surface area contributed by atoms with Gasteiger partial charge < -0.3 is 10.4 Å². The van der Waals surface area contributed by atoms with E-state index in [1.807, 2.05) is 22.7 Å². The number of aliphatic hydroxyl groups excluding tert-OH is 1. The Balaban J connectivity index is 1.35. The lowest BCUT2D eigenvalue weighted by Gasteiger charge is -2.19. The van der Waals surface area contributed by atoms with E-state index in [0.29, 0.717) is 6.42 Å². The number of pyridine rings is 1. The van der Waals surface area contributed by atoms with Crippen LogP contribution in [0.3, 0.4) is 0 Å². The third kappa shape index (κ3) is 5.82. The van der Waals surface area contributed by atoms with Crippen LogP contribution in [0.5, 0.6) is 0 Å². The van der Waals surface area contributed by atoms with Crippen LogP contribution in [0.4, 0.5) is 5.69 Å². The molecule has 1 aliphatic rings. The number of hydrogen-bond donors (Lipinski definition) is 3. The van der Waals surface area contributed by atoms with Gasteiger partial charge in [-0.25, -0.2) is 4.72 Å². The van der Waals surface area contributed by atoms with Crippen LogP contribution >= 0.6 is 28.5 Å². The lowest BCUT2D eigenvalue weighted by Crippen LogP contribution is -2.23. The van der Waals surface area contributed by atoms with Crippen molar-refractivity contribution in [3.05, 3.63) is 89.2 Å². The molecule has 0 saturated carbocycles. The number of aliphatic hydroxyl groups is 1. The van der Waals surface area contributed by atoms with Crippen molar-refractivity contribution in [2.45, 2.75) is 38.5 Å². The van der Waals surface area contributed by atoms with Crippen molar-refractivity contribution < 1.29 is 5.11 Å². The van der Waals surface area contributed by atoms with E-state index < -0.39 is 6.10 Å². The molecule has 0 fully saturated rings.